The third-order valence-electron chi connectivity index (χ3n) is 4.33. The highest BCUT2D eigenvalue weighted by atomic mass is 35.5. The normalized spacial score (nSPS) is 16.7. The molecule has 1 N–H and O–H groups in total. The van der Waals surface area contributed by atoms with Crippen molar-refractivity contribution in [2.45, 2.75) is 32.2 Å². The molecule has 2 aromatic rings. The molecular weight excluding hydrogens is 349 g/mol. The lowest BCUT2D eigenvalue weighted by atomic mass is 9.95. The van der Waals surface area contributed by atoms with Gasteiger partial charge in [-0.25, -0.2) is 4.39 Å². The van der Waals surface area contributed by atoms with Gasteiger partial charge in [-0.15, -0.1) is 12.3 Å². The van der Waals surface area contributed by atoms with Crippen LogP contribution < -0.4 is 5.32 Å². The van der Waals surface area contributed by atoms with Crippen molar-refractivity contribution in [3.05, 3.63) is 76.0 Å². The number of unbranched alkanes of at least 4 members (excludes halogenated alkanes) is 1. The highest BCUT2D eigenvalue weighted by Gasteiger charge is 2.25. The average Bonchev–Trinajstić information content (AvgIpc) is 2.64. The van der Waals surface area contributed by atoms with Gasteiger partial charge in [-0.1, -0.05) is 23.7 Å². The molecule has 0 saturated carbocycles. The summed E-state index contributed by atoms with van der Waals surface area (Å²) in [6, 6.07) is 9.79. The van der Waals surface area contributed by atoms with E-state index in [4.69, 9.17) is 23.0 Å². The van der Waals surface area contributed by atoms with E-state index in [-0.39, 0.29) is 11.9 Å². The molecule has 1 aromatic carbocycles. The number of hydrogen-bond donors (Lipinski definition) is 1. The Balaban J connectivity index is 2.02. The van der Waals surface area contributed by atoms with Gasteiger partial charge < -0.3 is 5.32 Å². The second-order valence-corrected chi connectivity index (χ2v) is 6.51. The van der Waals surface area contributed by atoms with Crippen molar-refractivity contribution >= 4 is 17.4 Å². The molecule has 0 amide bonds. The quantitative estimate of drug-likeness (QED) is 0.593. The summed E-state index contributed by atoms with van der Waals surface area (Å²) < 4.78 is 13.5. The summed E-state index contributed by atoms with van der Waals surface area (Å²) in [4.78, 5) is 9.19. The number of rotatable bonds is 5. The number of nitrogens with zero attached hydrogens (tertiary/aromatic N) is 2. The van der Waals surface area contributed by atoms with Gasteiger partial charge in [0.25, 0.3) is 0 Å². The molecule has 132 valence electrons. The van der Waals surface area contributed by atoms with Crippen molar-refractivity contribution in [2.75, 3.05) is 0 Å². The Bertz CT molecular complexity index is 897. The summed E-state index contributed by atoms with van der Waals surface area (Å²) in [5, 5.41) is 3.75. The number of aliphatic imine (C=N–C) groups is 1. The van der Waals surface area contributed by atoms with Crippen LogP contribution in [0, 0.1) is 18.2 Å². The lowest BCUT2D eigenvalue weighted by molar-refractivity contribution is 0.625. The van der Waals surface area contributed by atoms with Crippen molar-refractivity contribution in [2.24, 2.45) is 4.99 Å². The molecule has 5 heteroatoms. The van der Waals surface area contributed by atoms with Crippen LogP contribution >= 0.6 is 11.6 Å². The summed E-state index contributed by atoms with van der Waals surface area (Å²) in [5.74, 6) is 2.98. The van der Waals surface area contributed by atoms with Gasteiger partial charge >= 0.3 is 0 Å². The Kier molecular flexibility index (Phi) is 5.70. The summed E-state index contributed by atoms with van der Waals surface area (Å²) in [6.07, 6.45) is 9.48. The maximum absolute atomic E-state index is 13.5. The molecule has 3 nitrogen and oxygen atoms in total. The van der Waals surface area contributed by atoms with Crippen LogP contribution in [0.2, 0.25) is 5.02 Å². The first-order valence-corrected chi connectivity index (χ1v) is 8.82. The fourth-order valence-electron chi connectivity index (χ4n) is 2.95. The van der Waals surface area contributed by atoms with Gasteiger partial charge in [-0.2, -0.15) is 0 Å². The number of aromatic nitrogens is 1. The Morgan fingerprint density at radius 1 is 1.31 bits per heavy atom. The minimum atomic E-state index is -0.363. The largest absolute Gasteiger partial charge is 0.342 e. The van der Waals surface area contributed by atoms with Crippen LogP contribution in [-0.4, -0.2) is 10.8 Å². The molecule has 3 rings (SSSR count). The van der Waals surface area contributed by atoms with Crippen LogP contribution in [0.5, 0.6) is 0 Å². The Morgan fingerprint density at radius 3 is 2.85 bits per heavy atom. The Labute approximate surface area is 158 Å². The predicted octanol–water partition coefficient (Wildman–Crippen LogP) is 5.04. The molecule has 1 aromatic heterocycles. The molecular formula is C21H19ClFN3. The van der Waals surface area contributed by atoms with Gasteiger partial charge in [0.15, 0.2) is 5.84 Å². The van der Waals surface area contributed by atoms with Crippen molar-refractivity contribution < 1.29 is 4.39 Å². The smallest absolute Gasteiger partial charge is 0.152 e. The van der Waals surface area contributed by atoms with Crippen molar-refractivity contribution in [1.82, 2.24) is 10.3 Å². The van der Waals surface area contributed by atoms with Crippen LogP contribution in [0.25, 0.3) is 0 Å². The fourth-order valence-corrected chi connectivity index (χ4v) is 3.22. The van der Waals surface area contributed by atoms with Crippen molar-refractivity contribution in [1.29, 1.82) is 0 Å². The standard InChI is InChI=1S/C21H19ClFN3/c1-3-4-5-8-18-14(2)20(16-11-10-15(23)13-17(16)22)26-21(25-18)19-9-6-7-12-24-19/h1,6-7,9-13,20H,4-5,8H2,2H3,(H,25,26). The summed E-state index contributed by atoms with van der Waals surface area (Å²) in [5.41, 5.74) is 3.63. The Hall–Kier alpha value is -2.64. The molecule has 1 aliphatic rings. The third-order valence-corrected chi connectivity index (χ3v) is 4.65. The van der Waals surface area contributed by atoms with Crippen LogP contribution in [-0.2, 0) is 0 Å². The van der Waals surface area contributed by atoms with E-state index in [1.54, 1.807) is 12.3 Å². The molecule has 2 heterocycles. The highest BCUT2D eigenvalue weighted by molar-refractivity contribution is 6.31. The van der Waals surface area contributed by atoms with Gasteiger partial charge in [0, 0.05) is 23.3 Å². The van der Waals surface area contributed by atoms with E-state index in [0.29, 0.717) is 17.3 Å². The summed E-state index contributed by atoms with van der Waals surface area (Å²) in [7, 11) is 0. The maximum Gasteiger partial charge on any atom is 0.152 e. The predicted molar refractivity (Wildman–Crippen MR) is 103 cm³/mol. The fraction of sp³-hybridized carbons (Fsp3) is 0.238. The molecule has 0 bridgehead atoms. The highest BCUT2D eigenvalue weighted by Crippen LogP contribution is 2.36. The second kappa shape index (κ2) is 8.16. The molecule has 1 unspecified atom stereocenters. The number of terminal acetylenes is 1. The summed E-state index contributed by atoms with van der Waals surface area (Å²) in [6.45, 7) is 2.02. The van der Waals surface area contributed by atoms with E-state index in [0.717, 1.165) is 35.4 Å². The molecule has 26 heavy (non-hydrogen) atoms. The third kappa shape index (κ3) is 3.95. The molecule has 0 fully saturated rings. The number of pyridine rings is 1. The van der Waals surface area contributed by atoms with E-state index in [9.17, 15) is 4.39 Å². The SMILES string of the molecule is C#CCCCC1=C(C)C(c2ccc(F)cc2Cl)N=C(c2ccccn2)N1. The molecule has 0 aliphatic carbocycles. The topological polar surface area (TPSA) is 37.3 Å². The first-order chi connectivity index (χ1) is 12.6. The zero-order chi connectivity index (χ0) is 18.5. The molecule has 0 spiro atoms. The van der Waals surface area contributed by atoms with E-state index in [1.807, 2.05) is 25.1 Å². The lowest BCUT2D eigenvalue weighted by Crippen LogP contribution is -2.31. The zero-order valence-corrected chi connectivity index (χ0v) is 15.2. The number of amidine groups is 1. The summed E-state index contributed by atoms with van der Waals surface area (Å²) >= 11 is 6.30. The Morgan fingerprint density at radius 2 is 2.15 bits per heavy atom. The van der Waals surface area contributed by atoms with Gasteiger partial charge in [0.1, 0.15) is 17.6 Å². The van der Waals surface area contributed by atoms with Gasteiger partial charge in [0.05, 0.1) is 0 Å². The van der Waals surface area contributed by atoms with Crippen molar-refractivity contribution in [3.8, 4) is 12.3 Å². The van der Waals surface area contributed by atoms with E-state index < -0.39 is 0 Å². The van der Waals surface area contributed by atoms with Crippen LogP contribution in [0.3, 0.4) is 0 Å². The monoisotopic (exact) mass is 367 g/mol. The number of allylic oxidation sites excluding steroid dienone is 1. The van der Waals surface area contributed by atoms with Crippen LogP contribution in [0.4, 0.5) is 4.39 Å². The maximum atomic E-state index is 13.5. The first kappa shape index (κ1) is 18.2. The van der Waals surface area contributed by atoms with Crippen LogP contribution in [0.1, 0.15) is 43.5 Å². The zero-order valence-electron chi connectivity index (χ0n) is 14.5. The average molecular weight is 368 g/mol. The van der Waals surface area contributed by atoms with E-state index >= 15 is 0 Å². The number of hydrogen-bond acceptors (Lipinski definition) is 3. The lowest BCUT2D eigenvalue weighted by Gasteiger charge is -2.27. The van der Waals surface area contributed by atoms with E-state index in [2.05, 4.69) is 16.2 Å². The minimum Gasteiger partial charge on any atom is -0.342 e. The molecule has 1 atom stereocenters. The van der Waals surface area contributed by atoms with Gasteiger partial charge in [-0.05, 0) is 55.2 Å². The molecule has 1 aliphatic heterocycles. The minimum absolute atomic E-state index is 0.290. The van der Waals surface area contributed by atoms with Crippen LogP contribution in [0.15, 0.2) is 58.9 Å². The van der Waals surface area contributed by atoms with Gasteiger partial charge in [0.2, 0.25) is 0 Å². The number of nitrogens with one attached hydrogen (secondary N) is 1. The number of halogens is 2. The van der Waals surface area contributed by atoms with E-state index in [1.165, 1.54) is 12.1 Å². The second-order valence-electron chi connectivity index (χ2n) is 6.11. The van der Waals surface area contributed by atoms with Gasteiger partial charge in [-0.3, -0.25) is 9.98 Å². The number of benzene rings is 1. The molecule has 0 saturated heterocycles. The molecule has 0 radical (unpaired) electrons. The first-order valence-electron chi connectivity index (χ1n) is 8.44. The van der Waals surface area contributed by atoms with Crippen molar-refractivity contribution in [3.63, 3.8) is 0 Å².